The standard InChI is InChI=1S/C13H18N4OS/c1-6-5-7(2)12-16-17-13(19-12)9(4)8(3)11-15-14-10(6)18-11/h6-9H,5H2,1-4H3. The lowest BCUT2D eigenvalue weighted by Crippen LogP contribution is -2.05. The average molecular weight is 278 g/mol. The van der Waals surface area contributed by atoms with Crippen LogP contribution in [0.3, 0.4) is 0 Å². The van der Waals surface area contributed by atoms with E-state index in [4.69, 9.17) is 4.42 Å². The summed E-state index contributed by atoms with van der Waals surface area (Å²) in [7, 11) is 0. The first kappa shape index (κ1) is 12.7. The summed E-state index contributed by atoms with van der Waals surface area (Å²) in [6.45, 7) is 8.56. The molecule has 0 amide bonds. The van der Waals surface area contributed by atoms with Gasteiger partial charge in [0.05, 0.1) is 0 Å². The number of hydrogen-bond acceptors (Lipinski definition) is 6. The van der Waals surface area contributed by atoms with Crippen LogP contribution >= 0.6 is 11.3 Å². The van der Waals surface area contributed by atoms with Gasteiger partial charge in [0.1, 0.15) is 10.0 Å². The average Bonchev–Trinajstić information content (AvgIpc) is 3.04. The molecule has 4 bridgehead atoms. The first-order chi connectivity index (χ1) is 9.06. The lowest BCUT2D eigenvalue weighted by molar-refractivity contribution is 0.374. The van der Waals surface area contributed by atoms with Gasteiger partial charge in [-0.1, -0.05) is 27.7 Å². The first-order valence-electron chi connectivity index (χ1n) is 6.72. The van der Waals surface area contributed by atoms with Crippen molar-refractivity contribution >= 4 is 11.3 Å². The number of rotatable bonds is 0. The molecule has 2 aromatic rings. The Labute approximate surface area is 116 Å². The van der Waals surface area contributed by atoms with Gasteiger partial charge < -0.3 is 4.42 Å². The molecule has 5 nitrogen and oxygen atoms in total. The van der Waals surface area contributed by atoms with Crippen LogP contribution < -0.4 is 0 Å². The van der Waals surface area contributed by atoms with Gasteiger partial charge in [0.25, 0.3) is 0 Å². The van der Waals surface area contributed by atoms with Crippen LogP contribution in [0, 0.1) is 0 Å². The lowest BCUT2D eigenvalue weighted by Gasteiger charge is -2.12. The van der Waals surface area contributed by atoms with E-state index in [0.29, 0.717) is 11.8 Å². The van der Waals surface area contributed by atoms with Crippen molar-refractivity contribution in [2.45, 2.75) is 57.8 Å². The van der Waals surface area contributed by atoms with Crippen LogP contribution in [-0.4, -0.2) is 20.4 Å². The quantitative estimate of drug-likeness (QED) is 0.738. The van der Waals surface area contributed by atoms with E-state index in [2.05, 4.69) is 48.1 Å². The van der Waals surface area contributed by atoms with Crippen LogP contribution in [0.5, 0.6) is 0 Å². The van der Waals surface area contributed by atoms with Crippen LogP contribution in [0.4, 0.5) is 0 Å². The van der Waals surface area contributed by atoms with Crippen molar-refractivity contribution in [3.63, 3.8) is 0 Å². The smallest absolute Gasteiger partial charge is 0.220 e. The Morgan fingerprint density at radius 2 is 1.53 bits per heavy atom. The topological polar surface area (TPSA) is 64.7 Å². The molecular weight excluding hydrogens is 260 g/mol. The molecule has 0 spiro atoms. The molecule has 2 aromatic heterocycles. The van der Waals surface area contributed by atoms with E-state index in [0.717, 1.165) is 22.3 Å². The van der Waals surface area contributed by atoms with E-state index in [1.807, 2.05) is 0 Å². The van der Waals surface area contributed by atoms with Gasteiger partial charge in [-0.15, -0.1) is 31.7 Å². The zero-order valence-corrected chi connectivity index (χ0v) is 12.4. The second-order valence-electron chi connectivity index (χ2n) is 5.57. The molecule has 0 aromatic carbocycles. The van der Waals surface area contributed by atoms with Gasteiger partial charge in [-0.2, -0.15) is 0 Å². The number of fused-ring (bicyclic) bond motifs is 4. The van der Waals surface area contributed by atoms with Crippen LogP contribution in [0.2, 0.25) is 0 Å². The Morgan fingerprint density at radius 3 is 2.32 bits per heavy atom. The number of aromatic nitrogens is 4. The molecular formula is C13H18N4OS. The van der Waals surface area contributed by atoms with Gasteiger partial charge in [-0.05, 0) is 6.42 Å². The van der Waals surface area contributed by atoms with Crippen molar-refractivity contribution < 1.29 is 4.42 Å². The van der Waals surface area contributed by atoms with Crippen molar-refractivity contribution in [1.82, 2.24) is 20.4 Å². The Hall–Kier alpha value is -1.30. The molecule has 6 heteroatoms. The molecule has 19 heavy (non-hydrogen) atoms. The minimum Gasteiger partial charge on any atom is -0.425 e. The molecule has 1 aliphatic heterocycles. The molecule has 0 saturated carbocycles. The lowest BCUT2D eigenvalue weighted by atomic mass is 9.96. The van der Waals surface area contributed by atoms with E-state index >= 15 is 0 Å². The Bertz CT molecular complexity index is 528. The van der Waals surface area contributed by atoms with E-state index in [-0.39, 0.29) is 17.8 Å². The van der Waals surface area contributed by atoms with Crippen LogP contribution in [-0.2, 0) is 0 Å². The first-order valence-corrected chi connectivity index (χ1v) is 7.54. The van der Waals surface area contributed by atoms with Gasteiger partial charge in [0, 0.05) is 23.7 Å². The summed E-state index contributed by atoms with van der Waals surface area (Å²) in [5.41, 5.74) is 0. The van der Waals surface area contributed by atoms with Gasteiger partial charge in [-0.25, -0.2) is 0 Å². The molecule has 0 saturated heterocycles. The molecule has 4 unspecified atom stereocenters. The summed E-state index contributed by atoms with van der Waals surface area (Å²) >= 11 is 1.72. The Kier molecular flexibility index (Phi) is 3.12. The van der Waals surface area contributed by atoms with Crippen molar-refractivity contribution in [2.75, 3.05) is 0 Å². The van der Waals surface area contributed by atoms with E-state index in [1.165, 1.54) is 0 Å². The Morgan fingerprint density at radius 1 is 0.842 bits per heavy atom. The van der Waals surface area contributed by atoms with Gasteiger partial charge in [-0.3, -0.25) is 0 Å². The third-order valence-electron chi connectivity index (χ3n) is 3.99. The summed E-state index contributed by atoms with van der Waals surface area (Å²) in [5, 5.41) is 19.3. The number of hydrogen-bond donors (Lipinski definition) is 0. The van der Waals surface area contributed by atoms with Gasteiger partial charge in [0.2, 0.25) is 11.8 Å². The van der Waals surface area contributed by atoms with Gasteiger partial charge in [0.15, 0.2) is 0 Å². The van der Waals surface area contributed by atoms with Gasteiger partial charge >= 0.3 is 0 Å². The normalized spacial score (nSPS) is 30.9. The highest BCUT2D eigenvalue weighted by atomic mass is 32.1. The summed E-state index contributed by atoms with van der Waals surface area (Å²) in [6.07, 6.45) is 0.957. The highest BCUT2D eigenvalue weighted by Gasteiger charge is 2.29. The number of nitrogens with zero attached hydrogens (tertiary/aromatic N) is 4. The van der Waals surface area contributed by atoms with Crippen molar-refractivity contribution in [2.24, 2.45) is 0 Å². The maximum atomic E-state index is 5.84. The van der Waals surface area contributed by atoms with E-state index < -0.39 is 0 Å². The van der Waals surface area contributed by atoms with E-state index in [1.54, 1.807) is 11.3 Å². The fourth-order valence-corrected chi connectivity index (χ4v) is 3.48. The summed E-state index contributed by atoms with van der Waals surface area (Å²) < 4.78 is 5.84. The monoisotopic (exact) mass is 278 g/mol. The van der Waals surface area contributed by atoms with Crippen LogP contribution in [0.25, 0.3) is 0 Å². The summed E-state index contributed by atoms with van der Waals surface area (Å²) in [4.78, 5) is 0. The SMILES string of the molecule is CC1CC(C)c2nnc(s2)C(C)C(C)c2nnc1o2. The molecule has 4 atom stereocenters. The van der Waals surface area contributed by atoms with E-state index in [9.17, 15) is 0 Å². The minimum absolute atomic E-state index is 0.169. The zero-order chi connectivity index (χ0) is 13.6. The van der Waals surface area contributed by atoms with Crippen LogP contribution in [0.1, 0.15) is 79.6 Å². The second kappa shape index (κ2) is 4.67. The summed E-state index contributed by atoms with van der Waals surface area (Å²) in [5.74, 6) is 2.50. The molecule has 3 rings (SSSR count). The molecule has 102 valence electrons. The third-order valence-corrected chi connectivity index (χ3v) is 5.35. The molecule has 0 radical (unpaired) electrons. The molecule has 1 aliphatic rings. The fourth-order valence-electron chi connectivity index (χ4n) is 2.42. The zero-order valence-electron chi connectivity index (χ0n) is 11.6. The third kappa shape index (κ3) is 2.18. The second-order valence-corrected chi connectivity index (χ2v) is 6.61. The molecule has 0 aliphatic carbocycles. The molecule has 3 heterocycles. The largest absolute Gasteiger partial charge is 0.425 e. The molecule has 0 N–H and O–H groups in total. The fraction of sp³-hybridized carbons (Fsp3) is 0.692. The predicted octanol–water partition coefficient (Wildman–Crippen LogP) is 3.44. The highest BCUT2D eigenvalue weighted by Crippen LogP contribution is 2.38. The van der Waals surface area contributed by atoms with Crippen molar-refractivity contribution in [3.05, 3.63) is 21.8 Å². The highest BCUT2D eigenvalue weighted by molar-refractivity contribution is 7.11. The minimum atomic E-state index is 0.169. The Balaban J connectivity index is 2.07. The predicted molar refractivity (Wildman–Crippen MR) is 72.5 cm³/mol. The molecule has 0 fully saturated rings. The summed E-state index contributed by atoms with van der Waals surface area (Å²) in [6, 6.07) is 0. The van der Waals surface area contributed by atoms with Crippen LogP contribution in [0.15, 0.2) is 4.42 Å². The van der Waals surface area contributed by atoms with Crippen molar-refractivity contribution in [1.29, 1.82) is 0 Å². The maximum Gasteiger partial charge on any atom is 0.220 e. The van der Waals surface area contributed by atoms with Crippen molar-refractivity contribution in [3.8, 4) is 0 Å². The maximum absolute atomic E-state index is 5.84.